The van der Waals surface area contributed by atoms with Gasteiger partial charge in [-0.25, -0.2) is 9.59 Å². The quantitative estimate of drug-likeness (QED) is 0.848. The van der Waals surface area contributed by atoms with Crippen molar-refractivity contribution in [1.29, 1.82) is 0 Å². The lowest BCUT2D eigenvalue weighted by molar-refractivity contribution is 0.0600. The van der Waals surface area contributed by atoms with Crippen LogP contribution in [0.2, 0.25) is 0 Å². The van der Waals surface area contributed by atoms with Gasteiger partial charge in [0.15, 0.2) is 0 Å². The van der Waals surface area contributed by atoms with Gasteiger partial charge in [0.2, 0.25) is 0 Å². The number of furan rings is 1. The second kappa shape index (κ2) is 6.60. The Morgan fingerprint density at radius 1 is 1.29 bits per heavy atom. The number of esters is 1. The Kier molecular flexibility index (Phi) is 4.61. The number of carbonyl (C=O) groups excluding carboxylic acids is 2. The average Bonchev–Trinajstić information content (AvgIpc) is 2.99. The highest BCUT2D eigenvalue weighted by molar-refractivity contribution is 5.93. The number of carbonyl (C=O) groups is 2. The lowest BCUT2D eigenvalue weighted by atomic mass is 10.1. The minimum absolute atomic E-state index is 0.304. The van der Waals surface area contributed by atoms with E-state index in [-0.39, 0.29) is 6.03 Å². The van der Waals surface area contributed by atoms with Crippen LogP contribution in [0.1, 0.15) is 21.7 Å². The van der Waals surface area contributed by atoms with E-state index in [4.69, 9.17) is 4.42 Å². The molecule has 0 unspecified atom stereocenters. The molecule has 6 nitrogen and oxygen atoms in total. The Morgan fingerprint density at radius 3 is 2.71 bits per heavy atom. The van der Waals surface area contributed by atoms with Crippen LogP contribution in [0, 0.1) is 6.92 Å². The van der Waals surface area contributed by atoms with Gasteiger partial charge in [-0.15, -0.1) is 0 Å². The highest BCUT2D eigenvalue weighted by Gasteiger charge is 2.09. The first kappa shape index (κ1) is 14.6. The summed E-state index contributed by atoms with van der Waals surface area (Å²) in [5.41, 5.74) is 1.84. The predicted octanol–water partition coefficient (Wildman–Crippen LogP) is 2.70. The molecule has 0 aliphatic rings. The van der Waals surface area contributed by atoms with Crippen molar-refractivity contribution in [2.24, 2.45) is 0 Å². The van der Waals surface area contributed by atoms with Crippen LogP contribution in [0.15, 0.2) is 41.0 Å². The third kappa shape index (κ3) is 3.85. The van der Waals surface area contributed by atoms with E-state index < -0.39 is 5.97 Å². The van der Waals surface area contributed by atoms with Gasteiger partial charge in [0.1, 0.15) is 5.76 Å². The number of ether oxygens (including phenoxy) is 1. The van der Waals surface area contributed by atoms with E-state index in [0.29, 0.717) is 23.6 Å². The molecule has 0 aliphatic heterocycles. The van der Waals surface area contributed by atoms with Crippen molar-refractivity contribution in [1.82, 2.24) is 5.32 Å². The molecule has 2 amide bonds. The van der Waals surface area contributed by atoms with Gasteiger partial charge in [-0.2, -0.15) is 0 Å². The molecule has 1 aromatic heterocycles. The van der Waals surface area contributed by atoms with Gasteiger partial charge >= 0.3 is 12.0 Å². The summed E-state index contributed by atoms with van der Waals surface area (Å²) < 4.78 is 9.76. The fourth-order valence-electron chi connectivity index (χ4n) is 1.80. The third-order valence-electron chi connectivity index (χ3n) is 2.90. The number of urea groups is 1. The molecule has 6 heteroatoms. The van der Waals surface area contributed by atoms with Gasteiger partial charge in [0.25, 0.3) is 0 Å². The Morgan fingerprint density at radius 2 is 2.10 bits per heavy atom. The van der Waals surface area contributed by atoms with E-state index >= 15 is 0 Å². The molecule has 2 aromatic rings. The number of hydrogen-bond acceptors (Lipinski definition) is 4. The van der Waals surface area contributed by atoms with Crippen molar-refractivity contribution in [3.8, 4) is 0 Å². The summed E-state index contributed by atoms with van der Waals surface area (Å²) in [5, 5.41) is 5.39. The molecule has 21 heavy (non-hydrogen) atoms. The summed E-state index contributed by atoms with van der Waals surface area (Å²) >= 11 is 0. The Hall–Kier alpha value is -2.76. The summed E-state index contributed by atoms with van der Waals surface area (Å²) in [6.07, 6.45) is 1.55. The molecule has 0 atom stereocenters. The van der Waals surface area contributed by atoms with Gasteiger partial charge < -0.3 is 19.8 Å². The van der Waals surface area contributed by atoms with Crippen LogP contribution in [0.4, 0.5) is 10.5 Å². The second-order valence-corrected chi connectivity index (χ2v) is 4.41. The molecule has 1 heterocycles. The molecular weight excluding hydrogens is 272 g/mol. The number of aryl methyl sites for hydroxylation is 1. The highest BCUT2D eigenvalue weighted by Crippen LogP contribution is 2.17. The number of hydrogen-bond donors (Lipinski definition) is 2. The zero-order valence-electron chi connectivity index (χ0n) is 11.8. The van der Waals surface area contributed by atoms with E-state index in [1.165, 1.54) is 7.11 Å². The van der Waals surface area contributed by atoms with Gasteiger partial charge in [-0.05, 0) is 42.8 Å². The maximum atomic E-state index is 11.8. The van der Waals surface area contributed by atoms with E-state index in [1.807, 2.05) is 0 Å². The molecule has 2 rings (SSSR count). The van der Waals surface area contributed by atoms with Crippen molar-refractivity contribution in [3.05, 3.63) is 53.5 Å². The van der Waals surface area contributed by atoms with Crippen LogP contribution in [0.5, 0.6) is 0 Å². The van der Waals surface area contributed by atoms with Crippen LogP contribution in [-0.2, 0) is 11.3 Å². The molecule has 0 aliphatic carbocycles. The topological polar surface area (TPSA) is 80.6 Å². The smallest absolute Gasteiger partial charge is 0.337 e. The van der Waals surface area contributed by atoms with E-state index in [9.17, 15) is 9.59 Å². The third-order valence-corrected chi connectivity index (χ3v) is 2.90. The number of anilines is 1. The van der Waals surface area contributed by atoms with Crippen molar-refractivity contribution >= 4 is 17.7 Å². The van der Waals surface area contributed by atoms with Gasteiger partial charge in [-0.1, -0.05) is 0 Å². The molecule has 0 saturated carbocycles. The van der Waals surface area contributed by atoms with Crippen LogP contribution in [0.25, 0.3) is 0 Å². The van der Waals surface area contributed by atoms with E-state index in [2.05, 4.69) is 15.4 Å². The van der Waals surface area contributed by atoms with Gasteiger partial charge in [-0.3, -0.25) is 0 Å². The zero-order chi connectivity index (χ0) is 15.2. The monoisotopic (exact) mass is 288 g/mol. The van der Waals surface area contributed by atoms with Gasteiger partial charge in [0, 0.05) is 5.69 Å². The lowest BCUT2D eigenvalue weighted by Gasteiger charge is -2.10. The minimum atomic E-state index is -0.410. The molecule has 0 radical (unpaired) electrons. The first-order valence-corrected chi connectivity index (χ1v) is 6.36. The van der Waals surface area contributed by atoms with E-state index in [0.717, 1.165) is 5.56 Å². The SMILES string of the molecule is COC(=O)c1ccc(NC(=O)NCc2ccco2)c(C)c1. The largest absolute Gasteiger partial charge is 0.467 e. The molecular formula is C15H16N2O4. The van der Waals surface area contributed by atoms with Gasteiger partial charge in [0.05, 0.1) is 25.5 Å². The van der Waals surface area contributed by atoms with Crippen LogP contribution < -0.4 is 10.6 Å². The Balaban J connectivity index is 1.96. The van der Waals surface area contributed by atoms with Crippen LogP contribution in [0.3, 0.4) is 0 Å². The number of rotatable bonds is 4. The number of methoxy groups -OCH3 is 1. The maximum Gasteiger partial charge on any atom is 0.337 e. The van der Waals surface area contributed by atoms with Crippen LogP contribution in [-0.4, -0.2) is 19.1 Å². The molecule has 0 bridgehead atoms. The minimum Gasteiger partial charge on any atom is -0.467 e. The fraction of sp³-hybridized carbons (Fsp3) is 0.200. The maximum absolute atomic E-state index is 11.8. The zero-order valence-corrected chi connectivity index (χ0v) is 11.8. The first-order chi connectivity index (χ1) is 10.1. The molecule has 0 spiro atoms. The van der Waals surface area contributed by atoms with E-state index in [1.54, 1.807) is 43.5 Å². The molecule has 0 fully saturated rings. The fourth-order valence-corrected chi connectivity index (χ4v) is 1.80. The number of benzene rings is 1. The second-order valence-electron chi connectivity index (χ2n) is 4.41. The van der Waals surface area contributed by atoms with Crippen molar-refractivity contribution in [3.63, 3.8) is 0 Å². The standard InChI is InChI=1S/C15H16N2O4/c1-10-8-11(14(18)20-2)5-6-13(10)17-15(19)16-9-12-4-3-7-21-12/h3-8H,9H2,1-2H3,(H2,16,17,19). The average molecular weight is 288 g/mol. The van der Waals surface area contributed by atoms with Crippen molar-refractivity contribution in [2.45, 2.75) is 13.5 Å². The summed E-state index contributed by atoms with van der Waals surface area (Å²) in [6.45, 7) is 2.10. The van der Waals surface area contributed by atoms with Crippen LogP contribution >= 0.6 is 0 Å². The summed E-state index contributed by atoms with van der Waals surface area (Å²) in [4.78, 5) is 23.2. The molecule has 110 valence electrons. The lowest BCUT2D eigenvalue weighted by Crippen LogP contribution is -2.28. The summed E-state index contributed by atoms with van der Waals surface area (Å²) in [6, 6.07) is 8.10. The highest BCUT2D eigenvalue weighted by atomic mass is 16.5. The molecule has 0 saturated heterocycles. The molecule has 2 N–H and O–H groups in total. The van der Waals surface area contributed by atoms with Crippen molar-refractivity contribution < 1.29 is 18.7 Å². The Labute approximate surface area is 122 Å². The number of amides is 2. The predicted molar refractivity (Wildman–Crippen MR) is 77.1 cm³/mol. The summed E-state index contributed by atoms with van der Waals surface area (Å²) in [5.74, 6) is 0.259. The number of nitrogens with one attached hydrogen (secondary N) is 2. The summed E-state index contributed by atoms with van der Waals surface area (Å²) in [7, 11) is 1.33. The van der Waals surface area contributed by atoms with Crippen molar-refractivity contribution in [2.75, 3.05) is 12.4 Å². The molecule has 1 aromatic carbocycles. The normalized spacial score (nSPS) is 10.0. The Bertz CT molecular complexity index is 635. The first-order valence-electron chi connectivity index (χ1n) is 6.36.